The van der Waals surface area contributed by atoms with E-state index in [9.17, 15) is 0 Å². The van der Waals surface area contributed by atoms with E-state index >= 15 is 0 Å². The van der Waals surface area contributed by atoms with E-state index in [1.807, 2.05) is 23.5 Å². The first-order valence-electron chi connectivity index (χ1n) is 10.7. The minimum atomic E-state index is 0.231. The average Bonchev–Trinajstić information content (AvgIpc) is 3.36. The van der Waals surface area contributed by atoms with Crippen molar-refractivity contribution in [1.29, 1.82) is 0 Å². The highest BCUT2D eigenvalue weighted by Crippen LogP contribution is 2.39. The Bertz CT molecular complexity index is 963. The Hall–Kier alpha value is -1.96. The minimum absolute atomic E-state index is 0.231. The fraction of sp³-hybridized carbons (Fsp3) is 0.545. The lowest BCUT2D eigenvalue weighted by molar-refractivity contribution is 0.0331. The Morgan fingerprint density at radius 2 is 2.07 bits per heavy atom. The van der Waals surface area contributed by atoms with Crippen LogP contribution in [0.3, 0.4) is 0 Å². The molecular formula is C22H28N4O2S. The van der Waals surface area contributed by atoms with Crippen LogP contribution in [-0.2, 0) is 30.5 Å². The summed E-state index contributed by atoms with van der Waals surface area (Å²) in [6.07, 6.45) is 7.44. The molecule has 0 radical (unpaired) electrons. The van der Waals surface area contributed by atoms with Crippen LogP contribution in [-0.4, -0.2) is 47.2 Å². The number of nitrogens with zero attached hydrogens (tertiary/aromatic N) is 3. The van der Waals surface area contributed by atoms with Gasteiger partial charge in [0.15, 0.2) is 0 Å². The van der Waals surface area contributed by atoms with Crippen LogP contribution in [0.1, 0.15) is 41.8 Å². The molecule has 3 aromatic rings. The third kappa shape index (κ3) is 4.17. The van der Waals surface area contributed by atoms with Gasteiger partial charge in [-0.05, 0) is 50.3 Å². The fourth-order valence-electron chi connectivity index (χ4n) is 4.35. The van der Waals surface area contributed by atoms with Crippen molar-refractivity contribution in [2.45, 2.75) is 51.6 Å². The maximum absolute atomic E-state index is 5.54. The number of anilines is 1. The molecule has 2 aliphatic rings. The number of hydrogen-bond donors (Lipinski definition) is 1. The summed E-state index contributed by atoms with van der Waals surface area (Å²) in [4.78, 5) is 15.0. The predicted molar refractivity (Wildman–Crippen MR) is 116 cm³/mol. The van der Waals surface area contributed by atoms with Crippen molar-refractivity contribution >= 4 is 27.4 Å². The third-order valence-electron chi connectivity index (χ3n) is 5.80. The zero-order valence-electron chi connectivity index (χ0n) is 16.9. The number of ether oxygens (including phenoxy) is 1. The van der Waals surface area contributed by atoms with Crippen molar-refractivity contribution in [2.24, 2.45) is 0 Å². The molecule has 0 aromatic carbocycles. The molecule has 0 bridgehead atoms. The number of morpholine rings is 1. The summed E-state index contributed by atoms with van der Waals surface area (Å²) in [5, 5.41) is 4.94. The standard InChI is InChI=1S/C22H28N4O2S/c1-15(13-16-5-4-10-28-16)23-21-20-17-6-2-3-7-18(17)29-22(20)25-19(24-21)14-26-8-11-27-12-9-26/h4-5,10,15H,2-3,6-9,11-14H2,1H3,(H,23,24,25). The number of aryl methyl sites for hydroxylation is 2. The van der Waals surface area contributed by atoms with Crippen molar-refractivity contribution in [3.8, 4) is 0 Å². The number of aromatic nitrogens is 2. The van der Waals surface area contributed by atoms with Gasteiger partial charge in [-0.3, -0.25) is 4.90 Å². The normalized spacial score (nSPS) is 18.7. The van der Waals surface area contributed by atoms with Gasteiger partial charge in [0, 0.05) is 30.4 Å². The molecule has 1 atom stereocenters. The largest absolute Gasteiger partial charge is 0.469 e. The highest BCUT2D eigenvalue weighted by molar-refractivity contribution is 7.19. The van der Waals surface area contributed by atoms with Crippen molar-refractivity contribution < 1.29 is 9.15 Å². The molecule has 6 nitrogen and oxygen atoms in total. The molecule has 1 unspecified atom stereocenters. The van der Waals surface area contributed by atoms with Gasteiger partial charge in [0.1, 0.15) is 22.2 Å². The molecule has 0 saturated carbocycles. The van der Waals surface area contributed by atoms with Crippen LogP contribution in [0.2, 0.25) is 0 Å². The quantitative estimate of drug-likeness (QED) is 0.659. The predicted octanol–water partition coefficient (Wildman–Crippen LogP) is 4.04. The first kappa shape index (κ1) is 19.0. The first-order valence-corrected chi connectivity index (χ1v) is 11.5. The number of fused-ring (bicyclic) bond motifs is 3. The molecule has 4 heterocycles. The molecule has 0 amide bonds. The maximum Gasteiger partial charge on any atom is 0.146 e. The maximum atomic E-state index is 5.54. The van der Waals surface area contributed by atoms with E-state index in [0.29, 0.717) is 0 Å². The second-order valence-corrected chi connectivity index (χ2v) is 9.18. The summed E-state index contributed by atoms with van der Waals surface area (Å²) >= 11 is 1.87. The zero-order valence-corrected chi connectivity index (χ0v) is 17.8. The summed E-state index contributed by atoms with van der Waals surface area (Å²) in [5.74, 6) is 2.90. The van der Waals surface area contributed by atoms with Gasteiger partial charge in [0.2, 0.25) is 0 Å². The van der Waals surface area contributed by atoms with Gasteiger partial charge in [0.25, 0.3) is 0 Å². The Morgan fingerprint density at radius 1 is 1.21 bits per heavy atom. The molecule has 1 N–H and O–H groups in total. The van der Waals surface area contributed by atoms with Crippen molar-refractivity contribution in [1.82, 2.24) is 14.9 Å². The molecule has 1 fully saturated rings. The van der Waals surface area contributed by atoms with Gasteiger partial charge in [0.05, 0.1) is 31.4 Å². The second kappa shape index (κ2) is 8.42. The first-order chi connectivity index (χ1) is 14.3. The highest BCUT2D eigenvalue weighted by Gasteiger charge is 2.23. The van der Waals surface area contributed by atoms with Gasteiger partial charge >= 0.3 is 0 Å². The molecule has 7 heteroatoms. The molecule has 154 valence electrons. The number of thiophene rings is 1. The molecule has 5 rings (SSSR count). The van der Waals surface area contributed by atoms with Crippen LogP contribution in [0.5, 0.6) is 0 Å². The Labute approximate surface area is 175 Å². The monoisotopic (exact) mass is 412 g/mol. The van der Waals surface area contributed by atoms with E-state index in [2.05, 4.69) is 17.1 Å². The molecule has 29 heavy (non-hydrogen) atoms. The van der Waals surface area contributed by atoms with Gasteiger partial charge in [-0.15, -0.1) is 11.3 Å². The lowest BCUT2D eigenvalue weighted by Gasteiger charge is -2.26. The van der Waals surface area contributed by atoms with E-state index < -0.39 is 0 Å². The molecule has 1 saturated heterocycles. The zero-order chi connectivity index (χ0) is 19.6. The number of furan rings is 1. The van der Waals surface area contributed by atoms with Crippen molar-refractivity contribution in [3.63, 3.8) is 0 Å². The summed E-state index contributed by atoms with van der Waals surface area (Å²) < 4.78 is 11.0. The van der Waals surface area contributed by atoms with Crippen molar-refractivity contribution in [2.75, 3.05) is 31.6 Å². The van der Waals surface area contributed by atoms with Crippen LogP contribution in [0, 0.1) is 0 Å². The van der Waals surface area contributed by atoms with Gasteiger partial charge in [-0.25, -0.2) is 9.97 Å². The van der Waals surface area contributed by atoms with Gasteiger partial charge in [-0.2, -0.15) is 0 Å². The fourth-order valence-corrected chi connectivity index (χ4v) is 5.63. The van der Waals surface area contributed by atoms with Crippen LogP contribution in [0.4, 0.5) is 5.82 Å². The second-order valence-electron chi connectivity index (χ2n) is 8.10. The Balaban J connectivity index is 1.47. The van der Waals surface area contributed by atoms with Gasteiger partial charge in [-0.1, -0.05) is 0 Å². The molecule has 0 spiro atoms. The summed E-state index contributed by atoms with van der Waals surface area (Å²) in [7, 11) is 0. The van der Waals surface area contributed by atoms with Crippen LogP contribution >= 0.6 is 11.3 Å². The number of hydrogen-bond acceptors (Lipinski definition) is 7. The third-order valence-corrected chi connectivity index (χ3v) is 6.99. The molecule has 1 aliphatic heterocycles. The highest BCUT2D eigenvalue weighted by atomic mass is 32.1. The minimum Gasteiger partial charge on any atom is -0.469 e. The van der Waals surface area contributed by atoms with E-state index in [-0.39, 0.29) is 6.04 Å². The summed E-state index contributed by atoms with van der Waals surface area (Å²) in [6.45, 7) is 6.45. The van der Waals surface area contributed by atoms with E-state index in [4.69, 9.17) is 19.1 Å². The number of nitrogens with one attached hydrogen (secondary N) is 1. The summed E-state index contributed by atoms with van der Waals surface area (Å²) in [6, 6.07) is 4.21. The molecular weight excluding hydrogens is 384 g/mol. The SMILES string of the molecule is CC(Cc1ccco1)Nc1nc(CN2CCOCC2)nc2sc3c(c12)CCCC3. The van der Waals surface area contributed by atoms with Crippen LogP contribution < -0.4 is 5.32 Å². The smallest absolute Gasteiger partial charge is 0.146 e. The topological polar surface area (TPSA) is 63.4 Å². The lowest BCUT2D eigenvalue weighted by atomic mass is 9.97. The summed E-state index contributed by atoms with van der Waals surface area (Å²) in [5.41, 5.74) is 1.47. The molecule has 3 aromatic heterocycles. The number of rotatable bonds is 6. The van der Waals surface area contributed by atoms with E-state index in [1.165, 1.54) is 35.1 Å². The lowest BCUT2D eigenvalue weighted by Crippen LogP contribution is -2.36. The van der Waals surface area contributed by atoms with Crippen molar-refractivity contribution in [3.05, 3.63) is 40.4 Å². The van der Waals surface area contributed by atoms with Crippen LogP contribution in [0.25, 0.3) is 10.2 Å². The Kier molecular flexibility index (Phi) is 5.52. The van der Waals surface area contributed by atoms with E-state index in [1.54, 1.807) is 6.26 Å². The average molecular weight is 413 g/mol. The Morgan fingerprint density at radius 3 is 2.90 bits per heavy atom. The van der Waals surface area contributed by atoms with Crippen LogP contribution in [0.15, 0.2) is 22.8 Å². The van der Waals surface area contributed by atoms with E-state index in [0.717, 1.165) is 67.9 Å². The van der Waals surface area contributed by atoms with Gasteiger partial charge < -0.3 is 14.5 Å². The molecule has 1 aliphatic carbocycles.